The Morgan fingerprint density at radius 2 is 1.84 bits per heavy atom. The Kier molecular flexibility index (Phi) is 5.76. The third-order valence-electron chi connectivity index (χ3n) is 7.59. The molecule has 1 aromatic heterocycles. The van der Waals surface area contributed by atoms with Gasteiger partial charge in [0.25, 0.3) is 5.91 Å². The number of fused-ring (bicyclic) bond motifs is 1. The van der Waals surface area contributed by atoms with Gasteiger partial charge in [-0.1, -0.05) is 31.9 Å². The van der Waals surface area contributed by atoms with Crippen molar-refractivity contribution in [2.45, 2.75) is 58.0 Å². The number of carbonyl (C=O) groups excluding carboxylic acids is 1. The van der Waals surface area contributed by atoms with Crippen LogP contribution in [0.25, 0.3) is 16.7 Å². The SMILES string of the molecule is Cc1nc2ccccc2n1-c1ccc(C(=O)N(C)[C@H]2CCN(C3CCC[C@@H](C)C3)C2)cc1. The predicted octanol–water partition coefficient (Wildman–Crippen LogP) is 5.06. The Morgan fingerprint density at radius 3 is 2.62 bits per heavy atom. The summed E-state index contributed by atoms with van der Waals surface area (Å²) in [5.41, 5.74) is 3.87. The molecule has 2 aliphatic rings. The number of nitrogens with zero attached hydrogens (tertiary/aromatic N) is 4. The third kappa shape index (κ3) is 3.95. The van der Waals surface area contributed by atoms with E-state index in [0.717, 1.165) is 53.5 Å². The molecule has 0 bridgehead atoms. The van der Waals surface area contributed by atoms with Gasteiger partial charge in [-0.2, -0.15) is 0 Å². The number of hydrogen-bond donors (Lipinski definition) is 0. The van der Waals surface area contributed by atoms with E-state index >= 15 is 0 Å². The minimum absolute atomic E-state index is 0.118. The Morgan fingerprint density at radius 1 is 1.06 bits per heavy atom. The van der Waals surface area contributed by atoms with E-state index in [1.165, 1.54) is 25.7 Å². The number of likely N-dealkylation sites (N-methyl/N-ethyl adjacent to an activating group) is 1. The zero-order valence-electron chi connectivity index (χ0n) is 19.5. The summed E-state index contributed by atoms with van der Waals surface area (Å²) in [4.78, 5) is 22.5. The molecule has 1 saturated carbocycles. The van der Waals surface area contributed by atoms with Crippen LogP contribution < -0.4 is 0 Å². The second-order valence-corrected chi connectivity index (χ2v) is 9.81. The number of aromatic nitrogens is 2. The summed E-state index contributed by atoms with van der Waals surface area (Å²) in [6.45, 7) is 6.53. The number of rotatable bonds is 4. The molecule has 2 heterocycles. The van der Waals surface area contributed by atoms with Crippen LogP contribution in [0.4, 0.5) is 0 Å². The maximum Gasteiger partial charge on any atom is 0.253 e. The zero-order valence-corrected chi connectivity index (χ0v) is 19.5. The van der Waals surface area contributed by atoms with Crippen molar-refractivity contribution >= 4 is 16.9 Å². The van der Waals surface area contributed by atoms with E-state index in [0.29, 0.717) is 12.1 Å². The van der Waals surface area contributed by atoms with Gasteiger partial charge in [0.15, 0.2) is 0 Å². The number of likely N-dealkylation sites (tertiary alicyclic amines) is 1. The van der Waals surface area contributed by atoms with Gasteiger partial charge in [-0.15, -0.1) is 0 Å². The molecule has 168 valence electrons. The Bertz CT molecular complexity index is 1100. The molecule has 0 N–H and O–H groups in total. The van der Waals surface area contributed by atoms with Crippen LogP contribution in [0, 0.1) is 12.8 Å². The normalized spacial score (nSPS) is 24.2. The molecular formula is C27H34N4O. The van der Waals surface area contributed by atoms with Gasteiger partial charge in [-0.3, -0.25) is 14.3 Å². The lowest BCUT2D eigenvalue weighted by molar-refractivity contribution is 0.0723. The summed E-state index contributed by atoms with van der Waals surface area (Å²) in [5, 5.41) is 0. The lowest BCUT2D eigenvalue weighted by atomic mass is 9.86. The van der Waals surface area contributed by atoms with Gasteiger partial charge < -0.3 is 4.90 Å². The van der Waals surface area contributed by atoms with Crippen molar-refractivity contribution < 1.29 is 4.79 Å². The van der Waals surface area contributed by atoms with E-state index in [9.17, 15) is 4.79 Å². The van der Waals surface area contributed by atoms with E-state index < -0.39 is 0 Å². The molecular weight excluding hydrogens is 396 g/mol. The number of amides is 1. The van der Waals surface area contributed by atoms with Gasteiger partial charge in [0.1, 0.15) is 5.82 Å². The van der Waals surface area contributed by atoms with E-state index in [-0.39, 0.29) is 5.91 Å². The molecule has 1 saturated heterocycles. The highest BCUT2D eigenvalue weighted by atomic mass is 16.2. The Balaban J connectivity index is 1.28. The van der Waals surface area contributed by atoms with Crippen molar-refractivity contribution in [1.82, 2.24) is 19.4 Å². The maximum atomic E-state index is 13.2. The van der Waals surface area contributed by atoms with Crippen molar-refractivity contribution in [2.24, 2.45) is 5.92 Å². The monoisotopic (exact) mass is 430 g/mol. The fourth-order valence-corrected chi connectivity index (χ4v) is 5.74. The smallest absolute Gasteiger partial charge is 0.253 e. The fourth-order valence-electron chi connectivity index (χ4n) is 5.74. The minimum atomic E-state index is 0.118. The summed E-state index contributed by atoms with van der Waals surface area (Å²) in [6, 6.07) is 17.2. The molecule has 3 atom stereocenters. The van der Waals surface area contributed by atoms with E-state index in [1.54, 1.807) is 0 Å². The van der Waals surface area contributed by atoms with Gasteiger partial charge in [0.2, 0.25) is 0 Å². The molecule has 2 fully saturated rings. The zero-order chi connectivity index (χ0) is 22.2. The largest absolute Gasteiger partial charge is 0.337 e. The molecule has 1 aliphatic heterocycles. The average Bonchev–Trinajstić information content (AvgIpc) is 3.42. The van der Waals surface area contributed by atoms with Gasteiger partial charge in [-0.05, 0) is 68.5 Å². The number of aryl methyl sites for hydroxylation is 1. The van der Waals surface area contributed by atoms with Crippen LogP contribution in [-0.4, -0.2) is 57.5 Å². The number of benzene rings is 2. The van der Waals surface area contributed by atoms with E-state index in [1.807, 2.05) is 61.3 Å². The van der Waals surface area contributed by atoms with Crippen molar-refractivity contribution in [3.8, 4) is 5.69 Å². The number of para-hydroxylation sites is 2. The minimum Gasteiger partial charge on any atom is -0.337 e. The van der Waals surface area contributed by atoms with Crippen LogP contribution in [0.15, 0.2) is 48.5 Å². The summed E-state index contributed by atoms with van der Waals surface area (Å²) < 4.78 is 2.15. The lowest BCUT2D eigenvalue weighted by Gasteiger charge is -2.34. The summed E-state index contributed by atoms with van der Waals surface area (Å²) in [5.74, 6) is 1.90. The molecule has 0 spiro atoms. The Hall–Kier alpha value is -2.66. The molecule has 2 aromatic carbocycles. The highest BCUT2D eigenvalue weighted by Crippen LogP contribution is 2.30. The first-order valence-corrected chi connectivity index (χ1v) is 12.1. The van der Waals surface area contributed by atoms with Crippen LogP contribution in [0.5, 0.6) is 0 Å². The van der Waals surface area contributed by atoms with Crippen LogP contribution >= 0.6 is 0 Å². The first kappa shape index (κ1) is 21.2. The molecule has 1 unspecified atom stereocenters. The standard InChI is InChI=1S/C27H34N4O/c1-19-7-6-8-23(17-19)30-16-15-24(18-30)29(3)27(32)21-11-13-22(14-12-21)31-20(2)28-25-9-4-5-10-26(25)31/h4-5,9-14,19,23-24H,6-8,15-18H2,1-3H3/t19-,23?,24+/m1/s1. The Labute approximate surface area is 191 Å². The topological polar surface area (TPSA) is 41.4 Å². The van der Waals surface area contributed by atoms with Gasteiger partial charge in [0, 0.05) is 43.5 Å². The molecule has 32 heavy (non-hydrogen) atoms. The third-order valence-corrected chi connectivity index (χ3v) is 7.59. The number of carbonyl (C=O) groups is 1. The van der Waals surface area contributed by atoms with Crippen LogP contribution in [0.2, 0.25) is 0 Å². The number of hydrogen-bond acceptors (Lipinski definition) is 3. The van der Waals surface area contributed by atoms with Crippen molar-refractivity contribution in [1.29, 1.82) is 0 Å². The molecule has 5 heteroatoms. The van der Waals surface area contributed by atoms with Crippen LogP contribution in [0.1, 0.15) is 55.2 Å². The van der Waals surface area contributed by atoms with Gasteiger partial charge in [0.05, 0.1) is 11.0 Å². The molecule has 5 rings (SSSR count). The van der Waals surface area contributed by atoms with E-state index in [2.05, 4.69) is 27.4 Å². The first-order chi connectivity index (χ1) is 15.5. The van der Waals surface area contributed by atoms with Gasteiger partial charge in [-0.25, -0.2) is 4.98 Å². The van der Waals surface area contributed by atoms with Crippen molar-refractivity contribution in [3.63, 3.8) is 0 Å². The molecule has 5 nitrogen and oxygen atoms in total. The quantitative estimate of drug-likeness (QED) is 0.581. The molecule has 0 radical (unpaired) electrons. The summed E-state index contributed by atoms with van der Waals surface area (Å²) in [7, 11) is 1.97. The summed E-state index contributed by atoms with van der Waals surface area (Å²) >= 11 is 0. The van der Waals surface area contributed by atoms with Crippen molar-refractivity contribution in [3.05, 3.63) is 59.9 Å². The van der Waals surface area contributed by atoms with E-state index in [4.69, 9.17) is 0 Å². The van der Waals surface area contributed by atoms with Crippen LogP contribution in [0.3, 0.4) is 0 Å². The molecule has 3 aromatic rings. The summed E-state index contributed by atoms with van der Waals surface area (Å²) in [6.07, 6.45) is 6.43. The first-order valence-electron chi connectivity index (χ1n) is 12.1. The highest BCUT2D eigenvalue weighted by molar-refractivity contribution is 5.94. The molecule has 1 amide bonds. The fraction of sp³-hybridized carbons (Fsp3) is 0.481. The molecule has 1 aliphatic carbocycles. The maximum absolute atomic E-state index is 13.2. The average molecular weight is 431 g/mol. The lowest BCUT2D eigenvalue weighted by Crippen LogP contribution is -2.42. The number of imidazole rings is 1. The van der Waals surface area contributed by atoms with Crippen LogP contribution in [-0.2, 0) is 0 Å². The highest BCUT2D eigenvalue weighted by Gasteiger charge is 2.34. The van der Waals surface area contributed by atoms with Gasteiger partial charge >= 0.3 is 0 Å². The second kappa shape index (κ2) is 8.70. The van der Waals surface area contributed by atoms with Crippen molar-refractivity contribution in [2.75, 3.05) is 20.1 Å². The second-order valence-electron chi connectivity index (χ2n) is 9.81. The predicted molar refractivity (Wildman–Crippen MR) is 129 cm³/mol.